The molecule has 1 aromatic heterocycles. The molecule has 0 fully saturated rings. The SMILES string of the molecule is CCOc1cc(C)c(-c2nc3ccccc3c(=O)n2N=Cc2ccc([N+](=O)[O-])cc2Cl)cc1C(C)C. The van der Waals surface area contributed by atoms with Gasteiger partial charge >= 0.3 is 0 Å². The van der Waals surface area contributed by atoms with Gasteiger partial charge < -0.3 is 4.74 Å². The van der Waals surface area contributed by atoms with Gasteiger partial charge in [-0.1, -0.05) is 37.6 Å². The zero-order valence-corrected chi connectivity index (χ0v) is 21.1. The third-order valence-electron chi connectivity index (χ3n) is 5.78. The summed E-state index contributed by atoms with van der Waals surface area (Å²) in [5.41, 5.74) is 3.13. The van der Waals surface area contributed by atoms with Gasteiger partial charge in [0.15, 0.2) is 5.82 Å². The summed E-state index contributed by atoms with van der Waals surface area (Å²) in [6.45, 7) is 8.56. The number of hydrogen-bond donors (Lipinski definition) is 0. The van der Waals surface area contributed by atoms with Crippen molar-refractivity contribution in [3.05, 3.63) is 96.8 Å². The van der Waals surface area contributed by atoms with E-state index in [1.807, 2.05) is 32.0 Å². The van der Waals surface area contributed by atoms with Crippen LogP contribution in [0.15, 0.2) is 64.5 Å². The highest BCUT2D eigenvalue weighted by Gasteiger charge is 2.18. The molecule has 0 amide bonds. The molecule has 4 rings (SSSR count). The quantitative estimate of drug-likeness (QED) is 0.166. The molecule has 4 aromatic rings. The molecule has 0 saturated heterocycles. The minimum atomic E-state index is -0.524. The molecule has 0 unspecified atom stereocenters. The van der Waals surface area contributed by atoms with Crippen molar-refractivity contribution in [2.75, 3.05) is 6.61 Å². The summed E-state index contributed by atoms with van der Waals surface area (Å²) in [7, 11) is 0. The van der Waals surface area contributed by atoms with Crippen LogP contribution in [0.4, 0.5) is 5.69 Å². The minimum Gasteiger partial charge on any atom is -0.494 e. The van der Waals surface area contributed by atoms with E-state index in [1.54, 1.807) is 18.2 Å². The third-order valence-corrected chi connectivity index (χ3v) is 6.11. The van der Waals surface area contributed by atoms with Crippen molar-refractivity contribution in [1.29, 1.82) is 0 Å². The van der Waals surface area contributed by atoms with Gasteiger partial charge in [-0.3, -0.25) is 14.9 Å². The van der Waals surface area contributed by atoms with Gasteiger partial charge in [0, 0.05) is 23.3 Å². The number of non-ortho nitro benzene ring substituents is 1. The number of fused-ring (bicyclic) bond motifs is 1. The van der Waals surface area contributed by atoms with Gasteiger partial charge in [-0.15, -0.1) is 0 Å². The van der Waals surface area contributed by atoms with E-state index in [2.05, 4.69) is 18.9 Å². The van der Waals surface area contributed by atoms with E-state index >= 15 is 0 Å². The number of ether oxygens (including phenoxy) is 1. The van der Waals surface area contributed by atoms with Crippen molar-refractivity contribution in [2.24, 2.45) is 5.10 Å². The lowest BCUT2D eigenvalue weighted by Gasteiger charge is -2.18. The van der Waals surface area contributed by atoms with E-state index in [-0.39, 0.29) is 22.2 Å². The van der Waals surface area contributed by atoms with Crippen LogP contribution in [0.5, 0.6) is 5.75 Å². The monoisotopic (exact) mass is 504 g/mol. The van der Waals surface area contributed by atoms with E-state index in [0.29, 0.717) is 28.9 Å². The lowest BCUT2D eigenvalue weighted by Crippen LogP contribution is -2.21. The highest BCUT2D eigenvalue weighted by molar-refractivity contribution is 6.33. The second kappa shape index (κ2) is 10.3. The molecule has 0 spiro atoms. The van der Waals surface area contributed by atoms with Crippen LogP contribution in [-0.4, -0.2) is 27.4 Å². The summed E-state index contributed by atoms with van der Waals surface area (Å²) in [5, 5.41) is 16.0. The molecule has 0 aliphatic heterocycles. The Morgan fingerprint density at radius 2 is 1.94 bits per heavy atom. The van der Waals surface area contributed by atoms with Crippen molar-refractivity contribution in [2.45, 2.75) is 33.6 Å². The molecule has 0 aliphatic carbocycles. The molecule has 0 saturated carbocycles. The molecule has 8 nitrogen and oxygen atoms in total. The van der Waals surface area contributed by atoms with E-state index in [1.165, 1.54) is 29.1 Å². The van der Waals surface area contributed by atoms with Gasteiger partial charge in [-0.05, 0) is 61.2 Å². The first-order valence-electron chi connectivity index (χ1n) is 11.5. The van der Waals surface area contributed by atoms with E-state index in [4.69, 9.17) is 21.3 Å². The highest BCUT2D eigenvalue weighted by atomic mass is 35.5. The van der Waals surface area contributed by atoms with E-state index < -0.39 is 4.92 Å². The minimum absolute atomic E-state index is 0.131. The van der Waals surface area contributed by atoms with Crippen LogP contribution in [-0.2, 0) is 0 Å². The second-order valence-corrected chi connectivity index (χ2v) is 8.98. The number of nitro groups is 1. The molecule has 0 aliphatic rings. The Balaban J connectivity index is 1.95. The fourth-order valence-corrected chi connectivity index (χ4v) is 4.15. The summed E-state index contributed by atoms with van der Waals surface area (Å²) >= 11 is 6.25. The number of benzene rings is 3. The van der Waals surface area contributed by atoms with Crippen LogP contribution in [0.3, 0.4) is 0 Å². The molecule has 0 N–H and O–H groups in total. The van der Waals surface area contributed by atoms with Gasteiger partial charge in [0.2, 0.25) is 0 Å². The highest BCUT2D eigenvalue weighted by Crippen LogP contribution is 2.34. The topological polar surface area (TPSA) is 99.6 Å². The maximum absolute atomic E-state index is 13.5. The largest absolute Gasteiger partial charge is 0.494 e. The number of halogens is 1. The molecular formula is C27H25ClN4O4. The van der Waals surface area contributed by atoms with Crippen molar-refractivity contribution < 1.29 is 9.66 Å². The standard InChI is InChI=1S/C27H25ClN4O4/c1-5-36-25-12-17(4)22(14-21(25)16(2)3)26-30-24-9-7-6-8-20(24)27(33)31(26)29-15-18-10-11-19(32(34)35)13-23(18)28/h6-16H,5H2,1-4H3. The second-order valence-electron chi connectivity index (χ2n) is 8.57. The Morgan fingerprint density at radius 1 is 1.19 bits per heavy atom. The molecule has 36 heavy (non-hydrogen) atoms. The predicted octanol–water partition coefficient (Wildman–Crippen LogP) is 6.34. The van der Waals surface area contributed by atoms with E-state index in [0.717, 1.165) is 22.4 Å². The van der Waals surface area contributed by atoms with Crippen LogP contribution in [0.2, 0.25) is 5.02 Å². The van der Waals surface area contributed by atoms with Crippen LogP contribution < -0.4 is 10.3 Å². The fourth-order valence-electron chi connectivity index (χ4n) is 3.93. The summed E-state index contributed by atoms with van der Waals surface area (Å²) in [5.74, 6) is 1.34. The first-order valence-corrected chi connectivity index (χ1v) is 11.9. The van der Waals surface area contributed by atoms with Crippen LogP contribution in [0, 0.1) is 17.0 Å². The molecule has 1 heterocycles. The molecule has 9 heteroatoms. The van der Waals surface area contributed by atoms with Crippen molar-refractivity contribution in [3.63, 3.8) is 0 Å². The maximum atomic E-state index is 13.5. The number of hydrogen-bond acceptors (Lipinski definition) is 6. The third kappa shape index (κ3) is 4.85. The maximum Gasteiger partial charge on any atom is 0.282 e. The fraction of sp³-hybridized carbons (Fsp3) is 0.222. The molecular weight excluding hydrogens is 480 g/mol. The average Bonchev–Trinajstić information content (AvgIpc) is 2.84. The molecule has 3 aromatic carbocycles. The number of para-hydroxylation sites is 1. The smallest absolute Gasteiger partial charge is 0.282 e. The zero-order chi connectivity index (χ0) is 26.0. The van der Waals surface area contributed by atoms with Crippen molar-refractivity contribution in [1.82, 2.24) is 9.66 Å². The summed E-state index contributed by atoms with van der Waals surface area (Å²) in [4.78, 5) is 28.8. The van der Waals surface area contributed by atoms with Gasteiger partial charge in [0.1, 0.15) is 5.75 Å². The molecule has 0 radical (unpaired) electrons. The predicted molar refractivity (Wildman–Crippen MR) is 143 cm³/mol. The lowest BCUT2D eigenvalue weighted by atomic mass is 9.96. The first-order chi connectivity index (χ1) is 17.2. The number of nitrogens with zero attached hydrogens (tertiary/aromatic N) is 4. The van der Waals surface area contributed by atoms with Crippen molar-refractivity contribution in [3.8, 4) is 17.1 Å². The van der Waals surface area contributed by atoms with Crippen LogP contribution in [0.25, 0.3) is 22.3 Å². The van der Waals surface area contributed by atoms with Gasteiger partial charge in [0.25, 0.3) is 11.2 Å². The Labute approximate surface area is 213 Å². The molecule has 184 valence electrons. The van der Waals surface area contributed by atoms with Gasteiger partial charge in [-0.25, -0.2) is 4.98 Å². The Hall–Kier alpha value is -4.04. The molecule has 0 atom stereocenters. The van der Waals surface area contributed by atoms with Crippen LogP contribution in [0.1, 0.15) is 43.4 Å². The summed E-state index contributed by atoms with van der Waals surface area (Å²) in [6, 6.07) is 15.1. The Morgan fingerprint density at radius 3 is 2.61 bits per heavy atom. The number of aromatic nitrogens is 2. The lowest BCUT2D eigenvalue weighted by molar-refractivity contribution is -0.384. The summed E-state index contributed by atoms with van der Waals surface area (Å²) in [6.07, 6.45) is 1.40. The first kappa shape index (κ1) is 25.1. The Kier molecular flexibility index (Phi) is 7.17. The average molecular weight is 505 g/mol. The van der Waals surface area contributed by atoms with Gasteiger partial charge in [-0.2, -0.15) is 9.78 Å². The number of aryl methyl sites for hydroxylation is 1. The van der Waals surface area contributed by atoms with Crippen LogP contribution >= 0.6 is 11.6 Å². The number of rotatable bonds is 7. The Bertz CT molecular complexity index is 1560. The zero-order valence-electron chi connectivity index (χ0n) is 20.4. The number of nitro benzene ring substituents is 1. The van der Waals surface area contributed by atoms with E-state index in [9.17, 15) is 14.9 Å². The molecule has 0 bridgehead atoms. The summed E-state index contributed by atoms with van der Waals surface area (Å²) < 4.78 is 7.10. The van der Waals surface area contributed by atoms with Crippen molar-refractivity contribution >= 4 is 34.4 Å². The van der Waals surface area contributed by atoms with Gasteiger partial charge in [0.05, 0.1) is 33.7 Å². The normalized spacial score (nSPS) is 11.5.